The van der Waals surface area contributed by atoms with Gasteiger partial charge in [0.1, 0.15) is 11.1 Å². The second-order valence-corrected chi connectivity index (χ2v) is 7.71. The third-order valence-corrected chi connectivity index (χ3v) is 5.86. The van der Waals surface area contributed by atoms with Crippen LogP contribution in [0.15, 0.2) is 24.3 Å². The lowest BCUT2D eigenvalue weighted by Crippen LogP contribution is -2.10. The van der Waals surface area contributed by atoms with Gasteiger partial charge in [0.15, 0.2) is 11.5 Å². The fraction of sp³-hybridized carbons (Fsp3) is 0.333. The van der Waals surface area contributed by atoms with Crippen molar-refractivity contribution in [2.24, 2.45) is 5.92 Å². The van der Waals surface area contributed by atoms with Gasteiger partial charge in [0.2, 0.25) is 5.91 Å². The Morgan fingerprint density at radius 3 is 2.81 bits per heavy atom. The van der Waals surface area contributed by atoms with Gasteiger partial charge in [-0.3, -0.25) is 4.79 Å². The van der Waals surface area contributed by atoms with Gasteiger partial charge in [-0.2, -0.15) is 5.26 Å². The highest BCUT2D eigenvalue weighted by Gasteiger charge is 2.24. The second kappa shape index (κ2) is 8.28. The van der Waals surface area contributed by atoms with Gasteiger partial charge >= 0.3 is 0 Å². The molecule has 140 valence electrons. The number of hydrogen-bond acceptors (Lipinski definition) is 5. The molecule has 1 aliphatic carbocycles. The molecule has 0 spiro atoms. The van der Waals surface area contributed by atoms with Gasteiger partial charge in [0.05, 0.1) is 19.8 Å². The van der Waals surface area contributed by atoms with Crippen LogP contribution in [0.3, 0.4) is 0 Å². The summed E-state index contributed by atoms with van der Waals surface area (Å²) in [5, 5.41) is 13.0. The largest absolute Gasteiger partial charge is 0.493 e. The number of ether oxygens (including phenoxy) is 2. The monoisotopic (exact) mass is 382 g/mol. The quantitative estimate of drug-likeness (QED) is 0.778. The number of benzene rings is 1. The molecule has 0 fully saturated rings. The van der Waals surface area contributed by atoms with Crippen LogP contribution in [0.2, 0.25) is 0 Å². The zero-order valence-electron chi connectivity index (χ0n) is 15.7. The van der Waals surface area contributed by atoms with Crippen molar-refractivity contribution in [3.63, 3.8) is 0 Å². The summed E-state index contributed by atoms with van der Waals surface area (Å²) in [6, 6.07) is 7.70. The van der Waals surface area contributed by atoms with Crippen LogP contribution in [0, 0.1) is 17.2 Å². The van der Waals surface area contributed by atoms with Crippen LogP contribution in [0.5, 0.6) is 11.5 Å². The molecule has 6 heteroatoms. The van der Waals surface area contributed by atoms with Crippen LogP contribution in [-0.4, -0.2) is 20.1 Å². The predicted octanol–water partition coefficient (Wildman–Crippen LogP) is 4.41. The molecule has 1 aliphatic rings. The Labute approximate surface area is 163 Å². The second-order valence-electron chi connectivity index (χ2n) is 6.60. The number of amides is 1. The molecule has 0 unspecified atom stereocenters. The lowest BCUT2D eigenvalue weighted by molar-refractivity contribution is -0.111. The van der Waals surface area contributed by atoms with Gasteiger partial charge in [-0.15, -0.1) is 11.3 Å². The van der Waals surface area contributed by atoms with Crippen molar-refractivity contribution < 1.29 is 14.3 Å². The average molecular weight is 382 g/mol. The average Bonchev–Trinajstić information content (AvgIpc) is 3.01. The number of carbonyl (C=O) groups is 1. The zero-order chi connectivity index (χ0) is 19.4. The smallest absolute Gasteiger partial charge is 0.249 e. The third-order valence-electron chi connectivity index (χ3n) is 4.69. The first kappa shape index (κ1) is 19.0. The Kier molecular flexibility index (Phi) is 5.82. The Morgan fingerprint density at radius 1 is 1.33 bits per heavy atom. The van der Waals surface area contributed by atoms with Crippen molar-refractivity contribution in [3.8, 4) is 17.6 Å². The van der Waals surface area contributed by atoms with Crippen LogP contribution in [0.1, 0.15) is 34.9 Å². The predicted molar refractivity (Wildman–Crippen MR) is 107 cm³/mol. The van der Waals surface area contributed by atoms with Gasteiger partial charge < -0.3 is 14.8 Å². The van der Waals surface area contributed by atoms with Crippen LogP contribution >= 0.6 is 11.3 Å². The van der Waals surface area contributed by atoms with Crippen molar-refractivity contribution in [1.82, 2.24) is 0 Å². The van der Waals surface area contributed by atoms with E-state index < -0.39 is 0 Å². The first-order valence-corrected chi connectivity index (χ1v) is 9.63. The first-order valence-electron chi connectivity index (χ1n) is 8.81. The van der Waals surface area contributed by atoms with Crippen molar-refractivity contribution in [2.45, 2.75) is 26.2 Å². The zero-order valence-corrected chi connectivity index (χ0v) is 16.5. The van der Waals surface area contributed by atoms with Gasteiger partial charge in [0.25, 0.3) is 0 Å². The molecule has 0 saturated heterocycles. The minimum absolute atomic E-state index is 0.257. The molecule has 5 nitrogen and oxygen atoms in total. The summed E-state index contributed by atoms with van der Waals surface area (Å²) in [4.78, 5) is 13.6. The molecule has 1 atom stereocenters. The molecule has 1 amide bonds. The fourth-order valence-electron chi connectivity index (χ4n) is 3.24. The summed E-state index contributed by atoms with van der Waals surface area (Å²) < 4.78 is 10.5. The molecule has 0 bridgehead atoms. The van der Waals surface area contributed by atoms with Crippen molar-refractivity contribution in [3.05, 3.63) is 45.8 Å². The third kappa shape index (κ3) is 4.15. The Balaban J connectivity index is 1.75. The van der Waals surface area contributed by atoms with Gasteiger partial charge in [-0.1, -0.05) is 13.0 Å². The van der Waals surface area contributed by atoms with E-state index in [1.54, 1.807) is 32.4 Å². The van der Waals surface area contributed by atoms with Crippen molar-refractivity contribution in [2.75, 3.05) is 19.5 Å². The summed E-state index contributed by atoms with van der Waals surface area (Å²) in [7, 11) is 3.15. The standard InChI is InChI=1S/C21H22N2O3S/c1-13-4-7-15-16(12-22)21(27-19(15)10-13)23-20(24)9-6-14-5-8-17(25-2)18(11-14)26-3/h5-6,8-9,11,13H,4,7,10H2,1-3H3,(H,23,24)/b9-6+/t13-/m1/s1. The highest BCUT2D eigenvalue weighted by Crippen LogP contribution is 2.39. The number of nitrogens with zero attached hydrogens (tertiary/aromatic N) is 1. The summed E-state index contributed by atoms with van der Waals surface area (Å²) >= 11 is 1.53. The van der Waals surface area contributed by atoms with E-state index in [0.29, 0.717) is 28.0 Å². The first-order chi connectivity index (χ1) is 13.0. The normalized spacial score (nSPS) is 15.9. The van der Waals surface area contributed by atoms with Crippen LogP contribution in [-0.2, 0) is 17.6 Å². The molecule has 1 heterocycles. The number of anilines is 1. The summed E-state index contributed by atoms with van der Waals surface area (Å²) in [5.74, 6) is 1.60. The van der Waals surface area contributed by atoms with E-state index in [2.05, 4.69) is 18.3 Å². The highest BCUT2D eigenvalue weighted by molar-refractivity contribution is 7.16. The maximum atomic E-state index is 12.4. The highest BCUT2D eigenvalue weighted by atomic mass is 32.1. The molecule has 1 aromatic heterocycles. The van der Waals surface area contributed by atoms with Crippen molar-refractivity contribution >= 4 is 28.3 Å². The Morgan fingerprint density at radius 2 is 2.11 bits per heavy atom. The van der Waals surface area contributed by atoms with Gasteiger partial charge in [0, 0.05) is 11.0 Å². The number of methoxy groups -OCH3 is 2. The molecule has 0 saturated carbocycles. The topological polar surface area (TPSA) is 71.3 Å². The summed E-state index contributed by atoms with van der Waals surface area (Å²) in [5.41, 5.74) is 2.55. The van der Waals surface area contributed by atoms with Crippen LogP contribution < -0.4 is 14.8 Å². The van der Waals surface area contributed by atoms with E-state index in [4.69, 9.17) is 9.47 Å². The molecule has 1 N–H and O–H groups in total. The SMILES string of the molecule is COc1ccc(/C=C/C(=O)Nc2sc3c(c2C#N)CC[C@@H](C)C3)cc1OC. The van der Waals surface area contributed by atoms with Crippen LogP contribution in [0.25, 0.3) is 6.08 Å². The van der Waals surface area contributed by atoms with E-state index in [1.807, 2.05) is 6.07 Å². The maximum absolute atomic E-state index is 12.4. The maximum Gasteiger partial charge on any atom is 0.249 e. The summed E-state index contributed by atoms with van der Waals surface area (Å²) in [6.45, 7) is 2.22. The number of carbonyl (C=O) groups excluding carboxylic acids is 1. The summed E-state index contributed by atoms with van der Waals surface area (Å²) in [6.07, 6.45) is 6.15. The van der Waals surface area contributed by atoms with E-state index in [1.165, 1.54) is 22.3 Å². The molecular weight excluding hydrogens is 360 g/mol. The minimum Gasteiger partial charge on any atom is -0.493 e. The molecular formula is C21H22N2O3S. The van der Waals surface area contributed by atoms with Gasteiger partial charge in [-0.25, -0.2) is 0 Å². The Bertz CT molecular complexity index is 924. The van der Waals surface area contributed by atoms with Crippen LogP contribution in [0.4, 0.5) is 5.00 Å². The number of hydrogen-bond donors (Lipinski definition) is 1. The lowest BCUT2D eigenvalue weighted by Gasteiger charge is -2.17. The number of fused-ring (bicyclic) bond motifs is 1. The minimum atomic E-state index is -0.257. The molecule has 1 aromatic carbocycles. The number of nitriles is 1. The number of thiophene rings is 1. The van der Waals surface area contributed by atoms with Crippen molar-refractivity contribution in [1.29, 1.82) is 5.26 Å². The van der Waals surface area contributed by atoms with Gasteiger partial charge in [-0.05, 0) is 54.5 Å². The van der Waals surface area contributed by atoms with E-state index >= 15 is 0 Å². The van der Waals surface area contributed by atoms with E-state index in [9.17, 15) is 10.1 Å². The van der Waals surface area contributed by atoms with E-state index in [0.717, 1.165) is 30.4 Å². The number of nitrogens with one attached hydrogen (secondary N) is 1. The molecule has 2 aromatic rings. The van der Waals surface area contributed by atoms with E-state index in [-0.39, 0.29) is 5.91 Å². The number of rotatable bonds is 5. The molecule has 0 aliphatic heterocycles. The molecule has 3 rings (SSSR count). The lowest BCUT2D eigenvalue weighted by atomic mass is 9.89. The molecule has 27 heavy (non-hydrogen) atoms. The molecule has 0 radical (unpaired) electrons. The Hall–Kier alpha value is -2.78. The fourth-order valence-corrected chi connectivity index (χ4v) is 4.60.